The van der Waals surface area contributed by atoms with Crippen molar-refractivity contribution in [3.63, 3.8) is 0 Å². The van der Waals surface area contributed by atoms with E-state index in [1.54, 1.807) is 22.3 Å². The van der Waals surface area contributed by atoms with Crippen molar-refractivity contribution in [1.82, 2.24) is 0 Å². The fraction of sp³-hybridized carbons (Fsp3) is 0.765. The molecule has 0 aliphatic heterocycles. The van der Waals surface area contributed by atoms with E-state index in [1.807, 2.05) is 0 Å². The average molecular weight is 234 g/mol. The second-order valence-corrected chi connectivity index (χ2v) is 5.70. The lowest BCUT2D eigenvalue weighted by atomic mass is 9.93. The summed E-state index contributed by atoms with van der Waals surface area (Å²) in [6.07, 6.45) is 9.76. The highest BCUT2D eigenvalue weighted by molar-refractivity contribution is 5.46. The van der Waals surface area contributed by atoms with Crippen LogP contribution in [-0.2, 0) is 0 Å². The minimum Gasteiger partial charge on any atom is -0.0654 e. The van der Waals surface area contributed by atoms with Crippen LogP contribution in [0.3, 0.4) is 0 Å². The molecule has 0 saturated carbocycles. The normalized spacial score (nSPS) is 20.6. The Bertz CT molecular complexity index is 304. The molecule has 0 bridgehead atoms. The van der Waals surface area contributed by atoms with E-state index in [1.165, 1.54) is 44.9 Å². The molecule has 0 radical (unpaired) electrons. The summed E-state index contributed by atoms with van der Waals surface area (Å²) >= 11 is 0. The summed E-state index contributed by atoms with van der Waals surface area (Å²) in [5.41, 5.74) is 6.46. The Hall–Kier alpha value is -0.520. The standard InChI is InChI=1S/C17H30/c1-6-7-8-9-10-11-12-17-15(4)13(2)14(3)16(17)5/h15H,6-12H2,1-5H3. The smallest absolute Gasteiger partial charge is 0.00126 e. The molecule has 0 aromatic carbocycles. The van der Waals surface area contributed by atoms with Gasteiger partial charge in [-0.3, -0.25) is 0 Å². The lowest BCUT2D eigenvalue weighted by molar-refractivity contribution is 0.594. The molecule has 0 nitrogen and oxygen atoms in total. The molecule has 17 heavy (non-hydrogen) atoms. The summed E-state index contributed by atoms with van der Waals surface area (Å²) in [6.45, 7) is 11.6. The SMILES string of the molecule is CCCCCCCCC1=C(C)C(C)=C(C)C1C. The van der Waals surface area contributed by atoms with Crippen LogP contribution in [0.2, 0.25) is 0 Å². The van der Waals surface area contributed by atoms with Gasteiger partial charge in [0.2, 0.25) is 0 Å². The molecule has 0 heteroatoms. The van der Waals surface area contributed by atoms with Gasteiger partial charge in [-0.25, -0.2) is 0 Å². The Morgan fingerprint density at radius 2 is 1.41 bits per heavy atom. The number of rotatable bonds is 7. The molecular formula is C17H30. The lowest BCUT2D eigenvalue weighted by Crippen LogP contribution is -1.97. The van der Waals surface area contributed by atoms with E-state index >= 15 is 0 Å². The molecule has 98 valence electrons. The van der Waals surface area contributed by atoms with Crippen LogP contribution < -0.4 is 0 Å². The van der Waals surface area contributed by atoms with Crippen molar-refractivity contribution < 1.29 is 0 Å². The van der Waals surface area contributed by atoms with Gasteiger partial charge in [-0.15, -0.1) is 0 Å². The van der Waals surface area contributed by atoms with Crippen molar-refractivity contribution >= 4 is 0 Å². The van der Waals surface area contributed by atoms with Crippen LogP contribution in [0.15, 0.2) is 22.3 Å². The maximum atomic E-state index is 2.38. The zero-order chi connectivity index (χ0) is 12.8. The molecule has 0 saturated heterocycles. The summed E-state index contributed by atoms with van der Waals surface area (Å²) in [6, 6.07) is 0. The quantitative estimate of drug-likeness (QED) is 0.471. The van der Waals surface area contributed by atoms with Crippen LogP contribution in [0, 0.1) is 5.92 Å². The van der Waals surface area contributed by atoms with Crippen molar-refractivity contribution in [2.75, 3.05) is 0 Å². The van der Waals surface area contributed by atoms with Crippen LogP contribution in [0.5, 0.6) is 0 Å². The third-order valence-corrected chi connectivity index (χ3v) is 4.61. The van der Waals surface area contributed by atoms with Gasteiger partial charge >= 0.3 is 0 Å². The zero-order valence-corrected chi connectivity index (χ0v) is 12.5. The Morgan fingerprint density at radius 1 is 0.824 bits per heavy atom. The van der Waals surface area contributed by atoms with E-state index < -0.39 is 0 Å². The molecular weight excluding hydrogens is 204 g/mol. The van der Waals surface area contributed by atoms with Crippen molar-refractivity contribution in [3.8, 4) is 0 Å². The first kappa shape index (κ1) is 14.5. The van der Waals surface area contributed by atoms with Gasteiger partial charge in [-0.05, 0) is 50.7 Å². The minimum atomic E-state index is 0.714. The fourth-order valence-corrected chi connectivity index (χ4v) is 2.95. The van der Waals surface area contributed by atoms with E-state index in [9.17, 15) is 0 Å². The molecule has 1 aliphatic carbocycles. The molecule has 0 N–H and O–H groups in total. The lowest BCUT2D eigenvalue weighted by Gasteiger charge is -2.12. The van der Waals surface area contributed by atoms with Crippen LogP contribution in [0.4, 0.5) is 0 Å². The predicted octanol–water partition coefficient (Wildman–Crippen LogP) is 6.04. The van der Waals surface area contributed by atoms with Crippen LogP contribution >= 0.6 is 0 Å². The van der Waals surface area contributed by atoms with Gasteiger partial charge in [0.25, 0.3) is 0 Å². The molecule has 0 amide bonds. The maximum absolute atomic E-state index is 2.38. The van der Waals surface area contributed by atoms with Gasteiger partial charge in [0.1, 0.15) is 0 Å². The molecule has 0 aromatic heterocycles. The molecule has 1 atom stereocenters. The maximum Gasteiger partial charge on any atom is -0.00126 e. The van der Waals surface area contributed by atoms with E-state index in [0.717, 1.165) is 0 Å². The number of hydrogen-bond acceptors (Lipinski definition) is 0. The second-order valence-electron chi connectivity index (χ2n) is 5.70. The Morgan fingerprint density at radius 3 is 1.94 bits per heavy atom. The molecule has 1 unspecified atom stereocenters. The van der Waals surface area contributed by atoms with Crippen molar-refractivity contribution in [3.05, 3.63) is 22.3 Å². The third-order valence-electron chi connectivity index (χ3n) is 4.61. The molecule has 1 rings (SSSR count). The van der Waals surface area contributed by atoms with Crippen LogP contribution in [0.1, 0.15) is 79.6 Å². The first-order chi connectivity index (χ1) is 8.09. The highest BCUT2D eigenvalue weighted by atomic mass is 14.3. The summed E-state index contributed by atoms with van der Waals surface area (Å²) in [5, 5.41) is 0. The van der Waals surface area contributed by atoms with Gasteiger partial charge in [0.15, 0.2) is 0 Å². The molecule has 0 spiro atoms. The summed E-state index contributed by atoms with van der Waals surface area (Å²) in [5.74, 6) is 0.714. The highest BCUT2D eigenvalue weighted by Gasteiger charge is 2.22. The van der Waals surface area contributed by atoms with Crippen molar-refractivity contribution in [1.29, 1.82) is 0 Å². The van der Waals surface area contributed by atoms with Gasteiger partial charge < -0.3 is 0 Å². The molecule has 0 heterocycles. The van der Waals surface area contributed by atoms with Gasteiger partial charge in [-0.2, -0.15) is 0 Å². The van der Waals surface area contributed by atoms with Crippen molar-refractivity contribution in [2.24, 2.45) is 5.92 Å². The number of unbranched alkanes of at least 4 members (excludes halogenated alkanes) is 5. The number of hydrogen-bond donors (Lipinski definition) is 0. The number of allylic oxidation sites excluding steroid dienone is 4. The molecule has 0 fully saturated rings. The summed E-state index contributed by atoms with van der Waals surface area (Å²) in [4.78, 5) is 0. The van der Waals surface area contributed by atoms with E-state index in [4.69, 9.17) is 0 Å². The highest BCUT2D eigenvalue weighted by Crippen LogP contribution is 2.38. The van der Waals surface area contributed by atoms with Crippen LogP contribution in [0.25, 0.3) is 0 Å². The van der Waals surface area contributed by atoms with Gasteiger partial charge in [0, 0.05) is 0 Å². The summed E-state index contributed by atoms with van der Waals surface area (Å²) in [7, 11) is 0. The summed E-state index contributed by atoms with van der Waals surface area (Å²) < 4.78 is 0. The first-order valence-corrected chi connectivity index (χ1v) is 7.47. The van der Waals surface area contributed by atoms with E-state index in [2.05, 4.69) is 34.6 Å². The first-order valence-electron chi connectivity index (χ1n) is 7.47. The topological polar surface area (TPSA) is 0 Å². The van der Waals surface area contributed by atoms with Crippen molar-refractivity contribution in [2.45, 2.75) is 79.6 Å². The van der Waals surface area contributed by atoms with Gasteiger partial charge in [-0.1, -0.05) is 57.1 Å². The fourth-order valence-electron chi connectivity index (χ4n) is 2.95. The Balaban J connectivity index is 2.29. The Labute approximate surface area is 108 Å². The predicted molar refractivity (Wildman–Crippen MR) is 78.2 cm³/mol. The van der Waals surface area contributed by atoms with Crippen LogP contribution in [-0.4, -0.2) is 0 Å². The zero-order valence-electron chi connectivity index (χ0n) is 12.5. The van der Waals surface area contributed by atoms with E-state index in [-0.39, 0.29) is 0 Å². The largest absolute Gasteiger partial charge is 0.0654 e. The third kappa shape index (κ3) is 3.72. The molecule has 1 aliphatic rings. The average Bonchev–Trinajstić information content (AvgIpc) is 2.50. The minimum absolute atomic E-state index is 0.714. The molecule has 0 aromatic rings. The monoisotopic (exact) mass is 234 g/mol. The van der Waals surface area contributed by atoms with E-state index in [0.29, 0.717) is 5.92 Å². The van der Waals surface area contributed by atoms with Gasteiger partial charge in [0.05, 0.1) is 0 Å². The second kappa shape index (κ2) is 7.03. The Kier molecular flexibility index (Phi) is 6.02.